The first kappa shape index (κ1) is 14.3. The number of aliphatic imine (C=N–C) groups is 1. The Labute approximate surface area is 130 Å². The van der Waals surface area contributed by atoms with Crippen molar-refractivity contribution >= 4 is 29.0 Å². The average Bonchev–Trinajstić information content (AvgIpc) is 2.88. The van der Waals surface area contributed by atoms with Gasteiger partial charge in [-0.25, -0.2) is 0 Å². The maximum absolute atomic E-state index is 7.11. The summed E-state index contributed by atoms with van der Waals surface area (Å²) in [5.74, 6) is 0. The van der Waals surface area contributed by atoms with Gasteiger partial charge in [-0.05, 0) is 59.7 Å². The molecule has 1 aromatic heterocycles. The first-order chi connectivity index (χ1) is 10.6. The van der Waals surface area contributed by atoms with Gasteiger partial charge in [-0.1, -0.05) is 18.2 Å². The van der Waals surface area contributed by atoms with Crippen LogP contribution in [0.1, 0.15) is 11.1 Å². The van der Waals surface area contributed by atoms with E-state index in [0.29, 0.717) is 0 Å². The molecule has 0 bridgehead atoms. The summed E-state index contributed by atoms with van der Waals surface area (Å²) >= 11 is 0. The van der Waals surface area contributed by atoms with Crippen molar-refractivity contribution in [1.82, 2.24) is 4.57 Å². The summed E-state index contributed by atoms with van der Waals surface area (Å²) in [5.41, 5.74) is 6.84. The van der Waals surface area contributed by atoms with Crippen LogP contribution in [0.25, 0.3) is 22.0 Å². The Morgan fingerprint density at radius 2 is 1.91 bits per heavy atom. The van der Waals surface area contributed by atoms with E-state index >= 15 is 0 Å². The molecule has 0 aliphatic rings. The second-order valence-corrected chi connectivity index (χ2v) is 5.60. The minimum absolute atomic E-state index is 0.922. The van der Waals surface area contributed by atoms with Crippen LogP contribution in [0, 0.1) is 19.3 Å². The van der Waals surface area contributed by atoms with Crippen LogP contribution in [-0.2, 0) is 7.05 Å². The highest BCUT2D eigenvalue weighted by atomic mass is 14.9. The van der Waals surface area contributed by atoms with E-state index in [0.717, 1.165) is 11.3 Å². The molecular formula is C19H19N3. The number of benzene rings is 2. The quantitative estimate of drug-likeness (QED) is 0.672. The number of fused-ring (bicyclic) bond motifs is 1. The first-order valence-corrected chi connectivity index (χ1v) is 7.30. The number of nitrogens with one attached hydrogen (secondary N) is 1. The molecule has 0 fully saturated rings. The highest BCUT2D eigenvalue weighted by molar-refractivity contribution is 6.15. The van der Waals surface area contributed by atoms with Gasteiger partial charge in [-0.2, -0.15) is 0 Å². The highest BCUT2D eigenvalue weighted by Gasteiger charge is 2.09. The van der Waals surface area contributed by atoms with Gasteiger partial charge >= 0.3 is 0 Å². The molecule has 3 nitrogen and oxygen atoms in total. The predicted molar refractivity (Wildman–Crippen MR) is 94.8 cm³/mol. The molecule has 0 radical (unpaired) electrons. The zero-order valence-electron chi connectivity index (χ0n) is 13.1. The van der Waals surface area contributed by atoms with Crippen LogP contribution < -0.4 is 0 Å². The van der Waals surface area contributed by atoms with Crippen LogP contribution in [0.15, 0.2) is 47.6 Å². The zero-order chi connectivity index (χ0) is 15.7. The standard InChI is InChI=1S/C19H19N3/c1-13-10-17(14(2)18(11-13)21-8-7-20)16-5-4-15-6-9-22(3)19(15)12-16/h4-12,20H,1-3H3. The molecule has 0 amide bonds. The maximum atomic E-state index is 7.11. The Morgan fingerprint density at radius 1 is 1.09 bits per heavy atom. The summed E-state index contributed by atoms with van der Waals surface area (Å²) in [6.45, 7) is 4.16. The van der Waals surface area contributed by atoms with Crippen LogP contribution in [0.3, 0.4) is 0 Å². The molecule has 3 rings (SSSR count). The second kappa shape index (κ2) is 5.60. The van der Waals surface area contributed by atoms with E-state index in [1.54, 1.807) is 0 Å². The summed E-state index contributed by atoms with van der Waals surface area (Å²) < 4.78 is 2.14. The van der Waals surface area contributed by atoms with Crippen molar-refractivity contribution < 1.29 is 0 Å². The molecule has 3 heteroatoms. The normalized spacial score (nSPS) is 11.4. The smallest absolute Gasteiger partial charge is 0.0668 e. The van der Waals surface area contributed by atoms with Crippen molar-refractivity contribution in [3.63, 3.8) is 0 Å². The van der Waals surface area contributed by atoms with Crippen molar-refractivity contribution in [1.29, 1.82) is 5.41 Å². The van der Waals surface area contributed by atoms with Gasteiger partial charge < -0.3 is 9.98 Å². The Balaban J connectivity index is 2.20. The van der Waals surface area contributed by atoms with Gasteiger partial charge in [-0.15, -0.1) is 0 Å². The molecule has 0 aliphatic heterocycles. The molecular weight excluding hydrogens is 270 g/mol. The molecule has 0 saturated carbocycles. The molecule has 1 heterocycles. The van der Waals surface area contributed by atoms with Crippen LogP contribution in [0.5, 0.6) is 0 Å². The summed E-state index contributed by atoms with van der Waals surface area (Å²) in [6.07, 6.45) is 4.81. The van der Waals surface area contributed by atoms with Crippen molar-refractivity contribution in [2.24, 2.45) is 12.0 Å². The van der Waals surface area contributed by atoms with Crippen LogP contribution in [-0.4, -0.2) is 17.0 Å². The summed E-state index contributed by atoms with van der Waals surface area (Å²) in [5, 5.41) is 8.36. The lowest BCUT2D eigenvalue weighted by Gasteiger charge is -2.11. The van der Waals surface area contributed by atoms with Gasteiger partial charge in [0.25, 0.3) is 0 Å². The monoisotopic (exact) mass is 289 g/mol. The largest absolute Gasteiger partial charge is 0.351 e. The number of aryl methyl sites for hydroxylation is 2. The van der Waals surface area contributed by atoms with E-state index in [1.165, 1.54) is 40.0 Å². The number of aromatic nitrogens is 1. The van der Waals surface area contributed by atoms with E-state index in [4.69, 9.17) is 5.41 Å². The summed E-state index contributed by atoms with van der Waals surface area (Å²) in [4.78, 5) is 4.37. The van der Waals surface area contributed by atoms with Crippen molar-refractivity contribution in [2.75, 3.05) is 0 Å². The van der Waals surface area contributed by atoms with Gasteiger partial charge in [0.05, 0.1) is 5.69 Å². The minimum Gasteiger partial charge on any atom is -0.351 e. The fraction of sp³-hybridized carbons (Fsp3) is 0.158. The van der Waals surface area contributed by atoms with Crippen molar-refractivity contribution in [2.45, 2.75) is 13.8 Å². The van der Waals surface area contributed by atoms with Crippen molar-refractivity contribution in [3.8, 4) is 11.1 Å². The van der Waals surface area contributed by atoms with Gasteiger partial charge in [0.15, 0.2) is 0 Å². The van der Waals surface area contributed by atoms with Gasteiger partial charge in [0.2, 0.25) is 0 Å². The lowest BCUT2D eigenvalue weighted by Crippen LogP contribution is -1.89. The molecule has 3 aromatic rings. The average molecular weight is 289 g/mol. The third-order valence-electron chi connectivity index (χ3n) is 4.01. The first-order valence-electron chi connectivity index (χ1n) is 7.30. The Kier molecular flexibility index (Phi) is 3.63. The van der Waals surface area contributed by atoms with Gasteiger partial charge in [0, 0.05) is 31.2 Å². The topological polar surface area (TPSA) is 41.1 Å². The van der Waals surface area contributed by atoms with Crippen LogP contribution in [0.2, 0.25) is 0 Å². The Morgan fingerprint density at radius 3 is 2.68 bits per heavy atom. The SMILES string of the molecule is Cc1cc(N=CC=N)c(C)c(-c2ccc3ccn(C)c3c2)c1. The van der Waals surface area contributed by atoms with E-state index in [9.17, 15) is 0 Å². The Hall–Kier alpha value is -2.68. The summed E-state index contributed by atoms with van der Waals surface area (Å²) in [6, 6.07) is 12.9. The van der Waals surface area contributed by atoms with Crippen molar-refractivity contribution in [3.05, 3.63) is 53.7 Å². The number of hydrogen-bond acceptors (Lipinski definition) is 2. The predicted octanol–water partition coefficient (Wildman–Crippen LogP) is 4.81. The van der Waals surface area contributed by atoms with E-state index in [-0.39, 0.29) is 0 Å². The summed E-state index contributed by atoms with van der Waals surface area (Å²) in [7, 11) is 2.06. The van der Waals surface area contributed by atoms with Crippen LogP contribution >= 0.6 is 0 Å². The molecule has 22 heavy (non-hydrogen) atoms. The molecule has 0 spiro atoms. The zero-order valence-corrected chi connectivity index (χ0v) is 13.1. The van der Waals surface area contributed by atoms with Crippen LogP contribution in [0.4, 0.5) is 5.69 Å². The second-order valence-electron chi connectivity index (χ2n) is 5.60. The fourth-order valence-corrected chi connectivity index (χ4v) is 2.82. The molecule has 0 saturated heterocycles. The van der Waals surface area contributed by atoms with Gasteiger partial charge in [-0.3, -0.25) is 4.99 Å². The third-order valence-corrected chi connectivity index (χ3v) is 4.01. The molecule has 0 atom stereocenters. The lowest BCUT2D eigenvalue weighted by atomic mass is 9.96. The van der Waals surface area contributed by atoms with E-state index in [1.807, 2.05) is 0 Å². The molecule has 1 N–H and O–H groups in total. The maximum Gasteiger partial charge on any atom is 0.0668 e. The van der Waals surface area contributed by atoms with E-state index in [2.05, 4.69) is 73.0 Å². The van der Waals surface area contributed by atoms with E-state index < -0.39 is 0 Å². The minimum atomic E-state index is 0.922. The molecule has 2 aromatic carbocycles. The number of nitrogens with zero attached hydrogens (tertiary/aromatic N) is 2. The molecule has 0 aliphatic carbocycles. The number of hydrogen-bond donors (Lipinski definition) is 1. The third kappa shape index (κ3) is 2.46. The lowest BCUT2D eigenvalue weighted by molar-refractivity contribution is 0.969. The van der Waals surface area contributed by atoms with Gasteiger partial charge in [0.1, 0.15) is 0 Å². The Bertz CT molecular complexity index is 885. The number of rotatable bonds is 3. The molecule has 0 unspecified atom stereocenters. The highest BCUT2D eigenvalue weighted by Crippen LogP contribution is 2.33. The fourth-order valence-electron chi connectivity index (χ4n) is 2.82. The molecule has 110 valence electrons.